The lowest BCUT2D eigenvalue weighted by Crippen LogP contribution is -2.49. The highest BCUT2D eigenvalue weighted by atomic mass is 16.5. The number of hydrogen-bond donors (Lipinski definition) is 1. The Morgan fingerprint density at radius 2 is 2.21 bits per heavy atom. The van der Waals surface area contributed by atoms with E-state index in [0.29, 0.717) is 19.7 Å². The second kappa shape index (κ2) is 7.59. The lowest BCUT2D eigenvalue weighted by atomic mass is 10.2. The second-order valence-electron chi connectivity index (χ2n) is 6.06. The van der Waals surface area contributed by atoms with E-state index in [4.69, 9.17) is 4.74 Å². The third-order valence-corrected chi connectivity index (χ3v) is 4.35. The van der Waals surface area contributed by atoms with E-state index in [1.807, 2.05) is 30.3 Å². The topological polar surface area (TPSA) is 61.5 Å². The van der Waals surface area contributed by atoms with Crippen LogP contribution in [0.25, 0.3) is 11.3 Å². The van der Waals surface area contributed by atoms with Crippen molar-refractivity contribution in [2.45, 2.75) is 19.6 Å². The summed E-state index contributed by atoms with van der Waals surface area (Å²) in [6.07, 6.45) is 1.42. The normalized spacial score (nSPS) is 18.5. The van der Waals surface area contributed by atoms with Crippen molar-refractivity contribution in [2.75, 3.05) is 33.3 Å². The van der Waals surface area contributed by atoms with Gasteiger partial charge < -0.3 is 14.6 Å². The van der Waals surface area contributed by atoms with Gasteiger partial charge in [0.05, 0.1) is 25.0 Å². The molecule has 0 radical (unpaired) electrons. The number of nitrogens with zero attached hydrogens (tertiary/aromatic N) is 3. The standard InChI is InChI=1S/C18H24N4O2/c1-3-22-9-10-24-16(12-22)18(23)21(2)13-17-19-11-15(20-17)14-7-5-4-6-8-14/h4-8,11,16H,3,9-10,12-13H2,1-2H3,(H,19,20). The number of rotatable bonds is 5. The van der Waals surface area contributed by atoms with Gasteiger partial charge >= 0.3 is 0 Å². The van der Waals surface area contributed by atoms with Crippen molar-refractivity contribution < 1.29 is 9.53 Å². The van der Waals surface area contributed by atoms with Crippen LogP contribution in [0.2, 0.25) is 0 Å². The molecular weight excluding hydrogens is 304 g/mol. The number of hydrogen-bond acceptors (Lipinski definition) is 4. The molecule has 0 saturated carbocycles. The summed E-state index contributed by atoms with van der Waals surface area (Å²) in [4.78, 5) is 24.2. The van der Waals surface area contributed by atoms with Crippen LogP contribution in [-0.4, -0.2) is 65.1 Å². The van der Waals surface area contributed by atoms with Crippen molar-refractivity contribution in [3.63, 3.8) is 0 Å². The third kappa shape index (κ3) is 3.83. The minimum atomic E-state index is -0.382. The maximum atomic E-state index is 12.6. The molecule has 0 aliphatic carbocycles. The zero-order chi connectivity index (χ0) is 16.9. The number of carbonyl (C=O) groups is 1. The van der Waals surface area contributed by atoms with Crippen LogP contribution in [0.4, 0.5) is 0 Å². The molecule has 2 aromatic rings. The number of nitrogens with one attached hydrogen (secondary N) is 1. The van der Waals surface area contributed by atoms with Gasteiger partial charge in [0.1, 0.15) is 11.9 Å². The quantitative estimate of drug-likeness (QED) is 0.908. The molecule has 1 amide bonds. The molecule has 1 atom stereocenters. The van der Waals surface area contributed by atoms with Gasteiger partial charge in [-0.1, -0.05) is 37.3 Å². The number of likely N-dealkylation sites (N-methyl/N-ethyl adjacent to an activating group) is 2. The fourth-order valence-electron chi connectivity index (χ4n) is 2.89. The van der Waals surface area contributed by atoms with Gasteiger partial charge in [-0.2, -0.15) is 0 Å². The molecule has 1 aromatic carbocycles. The fraction of sp³-hybridized carbons (Fsp3) is 0.444. The van der Waals surface area contributed by atoms with Gasteiger partial charge in [-0.3, -0.25) is 9.69 Å². The van der Waals surface area contributed by atoms with Crippen LogP contribution in [0.15, 0.2) is 36.5 Å². The molecule has 1 saturated heterocycles. The molecule has 1 unspecified atom stereocenters. The molecule has 1 N–H and O–H groups in total. The molecule has 6 nitrogen and oxygen atoms in total. The van der Waals surface area contributed by atoms with E-state index in [0.717, 1.165) is 30.2 Å². The minimum Gasteiger partial charge on any atom is -0.366 e. The zero-order valence-corrected chi connectivity index (χ0v) is 14.2. The Morgan fingerprint density at radius 3 is 2.96 bits per heavy atom. The van der Waals surface area contributed by atoms with E-state index in [1.165, 1.54) is 0 Å². The highest BCUT2D eigenvalue weighted by molar-refractivity contribution is 5.81. The molecule has 1 aliphatic heterocycles. The first-order chi connectivity index (χ1) is 11.7. The number of ether oxygens (including phenoxy) is 1. The van der Waals surface area contributed by atoms with Crippen molar-refractivity contribution in [3.05, 3.63) is 42.4 Å². The molecule has 128 valence electrons. The number of benzene rings is 1. The lowest BCUT2D eigenvalue weighted by Gasteiger charge is -2.33. The Hall–Kier alpha value is -2.18. The van der Waals surface area contributed by atoms with E-state index < -0.39 is 0 Å². The average Bonchev–Trinajstić information content (AvgIpc) is 3.10. The van der Waals surface area contributed by atoms with Crippen molar-refractivity contribution >= 4 is 5.91 Å². The van der Waals surface area contributed by atoms with Crippen molar-refractivity contribution in [1.29, 1.82) is 0 Å². The van der Waals surface area contributed by atoms with E-state index in [2.05, 4.69) is 21.8 Å². The summed E-state index contributed by atoms with van der Waals surface area (Å²) >= 11 is 0. The first kappa shape index (κ1) is 16.7. The van der Waals surface area contributed by atoms with Crippen molar-refractivity contribution in [3.8, 4) is 11.3 Å². The van der Waals surface area contributed by atoms with E-state index in [1.54, 1.807) is 18.1 Å². The summed E-state index contributed by atoms with van der Waals surface area (Å²) in [5.74, 6) is 0.777. The Balaban J connectivity index is 1.61. The van der Waals surface area contributed by atoms with Crippen LogP contribution >= 0.6 is 0 Å². The van der Waals surface area contributed by atoms with Gasteiger partial charge in [0.2, 0.25) is 0 Å². The highest BCUT2D eigenvalue weighted by Crippen LogP contribution is 2.17. The van der Waals surface area contributed by atoms with Gasteiger partial charge in [-0.25, -0.2) is 4.98 Å². The number of carbonyl (C=O) groups excluding carboxylic acids is 1. The van der Waals surface area contributed by atoms with Crippen LogP contribution in [-0.2, 0) is 16.1 Å². The maximum Gasteiger partial charge on any atom is 0.253 e. The van der Waals surface area contributed by atoms with Crippen LogP contribution < -0.4 is 0 Å². The van der Waals surface area contributed by atoms with Crippen LogP contribution in [0.5, 0.6) is 0 Å². The van der Waals surface area contributed by atoms with Gasteiger partial charge in [0.15, 0.2) is 0 Å². The van der Waals surface area contributed by atoms with Gasteiger partial charge in [-0.05, 0) is 12.1 Å². The number of morpholine rings is 1. The third-order valence-electron chi connectivity index (χ3n) is 4.35. The van der Waals surface area contributed by atoms with Crippen molar-refractivity contribution in [1.82, 2.24) is 19.8 Å². The van der Waals surface area contributed by atoms with Crippen LogP contribution in [0, 0.1) is 0 Å². The molecule has 0 spiro atoms. The summed E-state index contributed by atoms with van der Waals surface area (Å²) in [7, 11) is 1.79. The predicted molar refractivity (Wildman–Crippen MR) is 92.4 cm³/mol. The molecule has 2 heterocycles. The van der Waals surface area contributed by atoms with Crippen molar-refractivity contribution in [2.24, 2.45) is 0 Å². The summed E-state index contributed by atoms with van der Waals surface area (Å²) in [6.45, 7) is 5.64. The van der Waals surface area contributed by atoms with E-state index >= 15 is 0 Å². The zero-order valence-electron chi connectivity index (χ0n) is 14.2. The average molecular weight is 328 g/mol. The largest absolute Gasteiger partial charge is 0.366 e. The molecule has 3 rings (SSSR count). The second-order valence-corrected chi connectivity index (χ2v) is 6.06. The Bertz CT molecular complexity index is 671. The fourth-order valence-corrected chi connectivity index (χ4v) is 2.89. The van der Waals surface area contributed by atoms with E-state index in [-0.39, 0.29) is 12.0 Å². The monoisotopic (exact) mass is 328 g/mol. The minimum absolute atomic E-state index is 0.00538. The Kier molecular flexibility index (Phi) is 5.27. The lowest BCUT2D eigenvalue weighted by molar-refractivity contribution is -0.148. The van der Waals surface area contributed by atoms with Gasteiger partial charge in [0, 0.05) is 20.1 Å². The molecule has 6 heteroatoms. The number of H-pyrrole nitrogens is 1. The number of imidazole rings is 1. The SMILES string of the molecule is CCN1CCOC(C(=O)N(C)Cc2ncc(-c3ccccc3)[nH]2)C1. The highest BCUT2D eigenvalue weighted by Gasteiger charge is 2.28. The first-order valence-electron chi connectivity index (χ1n) is 8.35. The maximum absolute atomic E-state index is 12.6. The predicted octanol–water partition coefficient (Wildman–Crippen LogP) is 1.76. The number of aromatic amines is 1. The molecule has 1 aromatic heterocycles. The molecule has 1 fully saturated rings. The van der Waals surface area contributed by atoms with Crippen LogP contribution in [0.3, 0.4) is 0 Å². The molecule has 0 bridgehead atoms. The first-order valence-corrected chi connectivity index (χ1v) is 8.35. The number of aromatic nitrogens is 2. The Morgan fingerprint density at radius 1 is 1.42 bits per heavy atom. The van der Waals surface area contributed by atoms with Gasteiger partial charge in [0.25, 0.3) is 5.91 Å². The molecule has 24 heavy (non-hydrogen) atoms. The molecule has 1 aliphatic rings. The van der Waals surface area contributed by atoms with E-state index in [9.17, 15) is 4.79 Å². The van der Waals surface area contributed by atoms with Crippen LogP contribution in [0.1, 0.15) is 12.7 Å². The van der Waals surface area contributed by atoms with Gasteiger partial charge in [-0.15, -0.1) is 0 Å². The molecular formula is C18H24N4O2. The number of amides is 1. The summed E-state index contributed by atoms with van der Waals surface area (Å²) < 4.78 is 5.64. The smallest absolute Gasteiger partial charge is 0.253 e. The summed E-state index contributed by atoms with van der Waals surface area (Å²) in [6, 6.07) is 10.0. The summed E-state index contributed by atoms with van der Waals surface area (Å²) in [5.41, 5.74) is 2.04. The summed E-state index contributed by atoms with van der Waals surface area (Å²) in [5, 5.41) is 0. The Labute approximate surface area is 142 Å².